The van der Waals surface area contributed by atoms with Gasteiger partial charge in [-0.3, -0.25) is 4.79 Å². The van der Waals surface area contributed by atoms with Crippen molar-refractivity contribution in [2.75, 3.05) is 13.2 Å². The fourth-order valence-electron chi connectivity index (χ4n) is 1.57. The summed E-state index contributed by atoms with van der Waals surface area (Å²) in [6, 6.07) is 1.84. The van der Waals surface area contributed by atoms with Gasteiger partial charge in [0.1, 0.15) is 4.90 Å². The fraction of sp³-hybridized carbons (Fsp3) is 0.417. The molecular formula is C12H16BrFN2O4S. The van der Waals surface area contributed by atoms with Gasteiger partial charge in [0.05, 0.1) is 12.2 Å². The molecule has 0 saturated heterocycles. The van der Waals surface area contributed by atoms with Gasteiger partial charge in [0, 0.05) is 17.1 Å². The first kappa shape index (κ1) is 18.0. The molecule has 1 rings (SSSR count). The summed E-state index contributed by atoms with van der Waals surface area (Å²) in [7, 11) is -4.26. The number of carbonyl (C=O) groups is 1. The number of hydrogen-bond donors (Lipinski definition) is 2. The lowest BCUT2D eigenvalue weighted by atomic mass is 10.2. The van der Waals surface area contributed by atoms with Crippen LogP contribution in [0.2, 0.25) is 0 Å². The molecule has 0 spiro atoms. The van der Waals surface area contributed by atoms with E-state index in [1.807, 2.05) is 0 Å². The molecule has 1 atom stereocenters. The van der Waals surface area contributed by atoms with Crippen molar-refractivity contribution < 1.29 is 22.3 Å². The summed E-state index contributed by atoms with van der Waals surface area (Å²) in [5.41, 5.74) is -0.406. The number of amides is 1. The van der Waals surface area contributed by atoms with Gasteiger partial charge in [0.2, 0.25) is 10.0 Å². The van der Waals surface area contributed by atoms with Crippen molar-refractivity contribution in [3.05, 3.63) is 28.0 Å². The van der Waals surface area contributed by atoms with Gasteiger partial charge >= 0.3 is 0 Å². The highest BCUT2D eigenvalue weighted by atomic mass is 79.9. The van der Waals surface area contributed by atoms with Gasteiger partial charge in [-0.05, 0) is 26.0 Å². The summed E-state index contributed by atoms with van der Waals surface area (Å²) >= 11 is 3.02. The fourth-order valence-corrected chi connectivity index (χ4v) is 2.83. The minimum absolute atomic E-state index is 0.232. The van der Waals surface area contributed by atoms with Crippen LogP contribution < -0.4 is 10.5 Å². The Kier molecular flexibility index (Phi) is 6.26. The Balaban J connectivity index is 3.08. The molecule has 0 aliphatic rings. The topological polar surface area (TPSA) is 98.5 Å². The number of benzene rings is 1. The smallest absolute Gasteiger partial charge is 0.254 e. The lowest BCUT2D eigenvalue weighted by Gasteiger charge is -2.15. The molecule has 118 valence electrons. The Bertz CT molecular complexity index is 636. The molecule has 21 heavy (non-hydrogen) atoms. The maximum absolute atomic E-state index is 14.1. The molecule has 6 nitrogen and oxygen atoms in total. The first-order valence-electron chi connectivity index (χ1n) is 6.07. The molecule has 9 heteroatoms. The van der Waals surface area contributed by atoms with E-state index >= 15 is 0 Å². The van der Waals surface area contributed by atoms with Crippen LogP contribution in [-0.2, 0) is 14.8 Å². The zero-order chi connectivity index (χ0) is 16.2. The second-order valence-corrected chi connectivity index (χ2v) is 6.79. The van der Waals surface area contributed by atoms with Gasteiger partial charge in [0.25, 0.3) is 5.91 Å². The summed E-state index contributed by atoms with van der Waals surface area (Å²) in [5, 5.41) is 7.44. The zero-order valence-corrected chi connectivity index (χ0v) is 13.9. The number of hydrogen-bond acceptors (Lipinski definition) is 4. The van der Waals surface area contributed by atoms with E-state index in [1.165, 1.54) is 6.07 Å². The van der Waals surface area contributed by atoms with Crippen molar-refractivity contribution in [3.63, 3.8) is 0 Å². The molecule has 0 aliphatic carbocycles. The molecule has 0 fully saturated rings. The number of primary sulfonamides is 1. The number of halogens is 2. The van der Waals surface area contributed by atoms with Gasteiger partial charge in [0.15, 0.2) is 5.82 Å². The highest BCUT2D eigenvalue weighted by molar-refractivity contribution is 9.10. The van der Waals surface area contributed by atoms with Crippen molar-refractivity contribution in [1.82, 2.24) is 5.32 Å². The van der Waals surface area contributed by atoms with Gasteiger partial charge in [-0.2, -0.15) is 0 Å². The molecule has 0 bridgehead atoms. The lowest BCUT2D eigenvalue weighted by molar-refractivity contribution is 0.0867. The van der Waals surface area contributed by atoms with Crippen molar-refractivity contribution in [3.8, 4) is 0 Å². The van der Waals surface area contributed by atoms with E-state index in [0.29, 0.717) is 6.61 Å². The third-order valence-electron chi connectivity index (χ3n) is 2.50. The number of carbonyl (C=O) groups excluding carboxylic acids is 1. The number of rotatable bonds is 6. The zero-order valence-electron chi connectivity index (χ0n) is 11.5. The van der Waals surface area contributed by atoms with Gasteiger partial charge in [-0.25, -0.2) is 17.9 Å². The third-order valence-corrected chi connectivity index (χ3v) is 3.87. The molecule has 0 aromatic heterocycles. The van der Waals surface area contributed by atoms with Crippen LogP contribution >= 0.6 is 15.9 Å². The van der Waals surface area contributed by atoms with Crippen molar-refractivity contribution in [1.29, 1.82) is 0 Å². The molecule has 1 unspecified atom stereocenters. The van der Waals surface area contributed by atoms with Gasteiger partial charge in [-0.15, -0.1) is 0 Å². The van der Waals surface area contributed by atoms with Crippen molar-refractivity contribution in [2.45, 2.75) is 24.8 Å². The molecule has 1 aromatic carbocycles. The first-order valence-corrected chi connectivity index (χ1v) is 8.41. The van der Waals surface area contributed by atoms with E-state index in [-0.39, 0.29) is 17.1 Å². The Morgan fingerprint density at radius 2 is 2.14 bits per heavy atom. The highest BCUT2D eigenvalue weighted by Crippen LogP contribution is 2.23. The van der Waals surface area contributed by atoms with E-state index in [0.717, 1.165) is 6.07 Å². The molecular weight excluding hydrogens is 367 g/mol. The Morgan fingerprint density at radius 1 is 1.52 bits per heavy atom. The summed E-state index contributed by atoms with van der Waals surface area (Å²) < 4.78 is 42.1. The maximum atomic E-state index is 14.1. The number of nitrogens with two attached hydrogens (primary N) is 1. The molecule has 3 N–H and O–H groups in total. The van der Waals surface area contributed by atoms with Crippen LogP contribution in [0.4, 0.5) is 4.39 Å². The summed E-state index contributed by atoms with van der Waals surface area (Å²) in [6.07, 6.45) is 0. The van der Waals surface area contributed by atoms with Crippen LogP contribution in [-0.4, -0.2) is 33.6 Å². The van der Waals surface area contributed by atoms with Gasteiger partial charge in [-0.1, -0.05) is 15.9 Å². The van der Waals surface area contributed by atoms with Crippen LogP contribution in [0.5, 0.6) is 0 Å². The Morgan fingerprint density at radius 3 is 2.67 bits per heavy atom. The molecule has 0 aliphatic heterocycles. The summed E-state index contributed by atoms with van der Waals surface area (Å²) in [4.78, 5) is 11.3. The molecule has 1 amide bonds. The average Bonchev–Trinajstić information content (AvgIpc) is 2.37. The van der Waals surface area contributed by atoms with Crippen molar-refractivity contribution >= 4 is 31.9 Å². The molecule has 0 saturated carbocycles. The number of nitrogens with one attached hydrogen (secondary N) is 1. The largest absolute Gasteiger partial charge is 0.380 e. The van der Waals surface area contributed by atoms with Crippen molar-refractivity contribution in [2.24, 2.45) is 5.14 Å². The van der Waals surface area contributed by atoms with E-state index < -0.39 is 32.2 Å². The average molecular weight is 383 g/mol. The minimum Gasteiger partial charge on any atom is -0.380 e. The predicted molar refractivity (Wildman–Crippen MR) is 78.9 cm³/mol. The Hall–Kier alpha value is -1.03. The molecule has 0 heterocycles. The standard InChI is InChI=1S/C12H16BrFN2O4S/c1-3-20-6-7(2)16-12(17)9-4-8(13)5-10(11(9)14)21(15,18)19/h4-5,7H,3,6H2,1-2H3,(H,16,17)(H2,15,18,19). The van der Waals surface area contributed by atoms with Gasteiger partial charge < -0.3 is 10.1 Å². The number of sulfonamides is 1. The monoisotopic (exact) mass is 382 g/mol. The van der Waals surface area contributed by atoms with Crippen LogP contribution in [0.25, 0.3) is 0 Å². The highest BCUT2D eigenvalue weighted by Gasteiger charge is 2.23. The van der Waals surface area contributed by atoms with Crippen LogP contribution in [0.15, 0.2) is 21.5 Å². The number of ether oxygens (including phenoxy) is 1. The maximum Gasteiger partial charge on any atom is 0.254 e. The SMILES string of the molecule is CCOCC(C)NC(=O)c1cc(Br)cc(S(N)(=O)=O)c1F. The van der Waals surface area contributed by atoms with E-state index in [2.05, 4.69) is 21.2 Å². The van der Waals surface area contributed by atoms with E-state index in [4.69, 9.17) is 9.88 Å². The second kappa shape index (κ2) is 7.30. The predicted octanol–water partition coefficient (Wildman–Crippen LogP) is 1.39. The lowest BCUT2D eigenvalue weighted by Crippen LogP contribution is -2.36. The van der Waals surface area contributed by atoms with Crippen LogP contribution in [0.1, 0.15) is 24.2 Å². The first-order chi connectivity index (χ1) is 9.66. The third kappa shape index (κ3) is 5.03. The Labute approximate surface area is 131 Å². The summed E-state index contributed by atoms with van der Waals surface area (Å²) in [5.74, 6) is -1.92. The van der Waals surface area contributed by atoms with E-state index in [9.17, 15) is 17.6 Å². The molecule has 1 aromatic rings. The van der Waals surface area contributed by atoms with Crippen LogP contribution in [0.3, 0.4) is 0 Å². The summed E-state index contributed by atoms with van der Waals surface area (Å²) in [6.45, 7) is 4.24. The normalized spacial score (nSPS) is 13.0. The molecule has 0 radical (unpaired) electrons. The van der Waals surface area contributed by atoms with E-state index in [1.54, 1.807) is 13.8 Å². The quantitative estimate of drug-likeness (QED) is 0.776. The second-order valence-electron chi connectivity index (χ2n) is 4.34. The minimum atomic E-state index is -4.26. The van der Waals surface area contributed by atoms with Crippen LogP contribution in [0, 0.1) is 5.82 Å².